The molecule has 2 rings (SSSR count). The van der Waals surface area contributed by atoms with E-state index in [0.29, 0.717) is 0 Å². The molecule has 0 aromatic heterocycles. The highest BCUT2D eigenvalue weighted by Crippen LogP contribution is 2.36. The van der Waals surface area contributed by atoms with Crippen molar-refractivity contribution in [1.29, 1.82) is 0 Å². The monoisotopic (exact) mass is 682 g/mol. The van der Waals surface area contributed by atoms with E-state index >= 15 is 0 Å². The Labute approximate surface area is 274 Å². The number of rotatable bonds is 10. The summed E-state index contributed by atoms with van der Waals surface area (Å²) in [6.45, 7) is 11.8. The summed E-state index contributed by atoms with van der Waals surface area (Å²) < 4.78 is 51.2. The van der Waals surface area contributed by atoms with Gasteiger partial charge >= 0.3 is 35.8 Å². The van der Waals surface area contributed by atoms with Gasteiger partial charge in [-0.05, 0) is 0 Å². The van der Waals surface area contributed by atoms with Gasteiger partial charge in [-0.3, -0.25) is 28.8 Å². The minimum Gasteiger partial charge on any atom is -0.463 e. The van der Waals surface area contributed by atoms with Gasteiger partial charge in [0.25, 0.3) is 0 Å². The zero-order valence-electron chi connectivity index (χ0n) is 27.9. The first kappa shape index (κ1) is 39.2. The molecule has 0 saturated carbocycles. The Morgan fingerprint density at radius 2 is 1.09 bits per heavy atom. The summed E-state index contributed by atoms with van der Waals surface area (Å²) in [7, 11) is -2.02. The van der Waals surface area contributed by atoms with Crippen LogP contribution in [-0.2, 0) is 71.4 Å². The molecule has 15 nitrogen and oxygen atoms in total. The maximum absolute atomic E-state index is 12.4. The van der Waals surface area contributed by atoms with E-state index in [9.17, 15) is 28.8 Å². The molecule has 0 aliphatic carbocycles. The maximum Gasteiger partial charge on any atom is 0.303 e. The second kappa shape index (κ2) is 17.3. The number of esters is 6. The summed E-state index contributed by atoms with van der Waals surface area (Å²) in [6.07, 6.45) is -6.58. The van der Waals surface area contributed by atoms with Crippen LogP contribution in [-0.4, -0.2) is 112 Å². The minimum atomic E-state index is -2.02. The SMILES string of the molecule is C#C[C@H]1[C@H](OC(C)=O)[C@@H](OC(C)=O)[C@H](O[C@H]2[C@H](OC(C)=O)[C@@H](OC(C)=O)[C@H](C#C[Si](C)(C)C)O[C@@H]2COC(C)=O)O[C@@H]1COC(C)=O. The fourth-order valence-electron chi connectivity index (χ4n) is 4.82. The van der Waals surface area contributed by atoms with Crippen LogP contribution in [0.5, 0.6) is 0 Å². The van der Waals surface area contributed by atoms with Gasteiger partial charge in [-0.2, -0.15) is 0 Å². The Balaban J connectivity index is 2.74. The molecule has 0 aromatic rings. The van der Waals surface area contributed by atoms with Crippen LogP contribution in [0.2, 0.25) is 19.6 Å². The molecule has 2 aliphatic rings. The maximum atomic E-state index is 12.4. The second-order valence-corrected chi connectivity index (χ2v) is 16.6. The number of hydrogen-bond donors (Lipinski definition) is 0. The Morgan fingerprint density at radius 1 is 0.617 bits per heavy atom. The van der Waals surface area contributed by atoms with Crippen LogP contribution < -0.4 is 0 Å². The molecule has 10 atom stereocenters. The van der Waals surface area contributed by atoms with Crippen LogP contribution in [0.4, 0.5) is 0 Å². The molecule has 0 bridgehead atoms. The highest BCUT2D eigenvalue weighted by atomic mass is 28.3. The van der Waals surface area contributed by atoms with Crippen LogP contribution >= 0.6 is 0 Å². The number of terminal acetylenes is 1. The standard InChI is InChI=1S/C31H42O15Si/c1-11-22-24(14-38-16(2)32)45-31(30(43-21(7)37)26(22)40-18(4)34)46-28-25(15-39-17(3)33)44-23(12-13-47(8,9)10)27(41-19(5)35)29(28)42-20(6)36/h1,22-31H,14-15H2,2-10H3/t22-,23+,24-,25-,26+,27+,28-,29-,30-,31+/m1/s1. The number of hydrogen-bond acceptors (Lipinski definition) is 15. The van der Waals surface area contributed by atoms with E-state index in [1.54, 1.807) is 0 Å². The first-order valence-electron chi connectivity index (χ1n) is 14.7. The van der Waals surface area contributed by atoms with Gasteiger partial charge in [-0.1, -0.05) is 31.5 Å². The third kappa shape index (κ3) is 12.3. The zero-order valence-corrected chi connectivity index (χ0v) is 28.9. The Morgan fingerprint density at radius 3 is 1.55 bits per heavy atom. The molecule has 0 radical (unpaired) electrons. The van der Waals surface area contributed by atoms with E-state index in [2.05, 4.69) is 17.4 Å². The van der Waals surface area contributed by atoms with Crippen molar-refractivity contribution in [2.24, 2.45) is 5.92 Å². The lowest BCUT2D eigenvalue weighted by Crippen LogP contribution is -2.65. The fraction of sp³-hybridized carbons (Fsp3) is 0.677. The third-order valence-corrected chi connectivity index (χ3v) is 7.37. The molecular weight excluding hydrogens is 640 g/mol. The van der Waals surface area contributed by atoms with Crippen molar-refractivity contribution in [1.82, 2.24) is 0 Å². The van der Waals surface area contributed by atoms with Crippen LogP contribution in [0.3, 0.4) is 0 Å². The third-order valence-electron chi connectivity index (χ3n) is 6.47. The van der Waals surface area contributed by atoms with Crippen molar-refractivity contribution in [2.45, 2.75) is 116 Å². The van der Waals surface area contributed by atoms with Crippen molar-refractivity contribution >= 4 is 43.9 Å². The summed E-state index contributed by atoms with van der Waals surface area (Å²) >= 11 is 0. The summed E-state index contributed by atoms with van der Waals surface area (Å²) in [6, 6.07) is 0. The first-order chi connectivity index (χ1) is 21.8. The molecule has 0 amide bonds. The lowest BCUT2D eigenvalue weighted by atomic mass is 9.89. The molecule has 0 unspecified atom stereocenters. The molecule has 2 aliphatic heterocycles. The second-order valence-electron chi connectivity index (χ2n) is 11.9. The molecule has 2 saturated heterocycles. The molecular formula is C31H42O15Si. The fourth-order valence-corrected chi connectivity index (χ4v) is 5.40. The normalized spacial score (nSPS) is 30.2. The van der Waals surface area contributed by atoms with Crippen molar-refractivity contribution in [2.75, 3.05) is 13.2 Å². The van der Waals surface area contributed by atoms with Gasteiger partial charge < -0.3 is 42.6 Å². The Kier molecular flexibility index (Phi) is 14.4. The van der Waals surface area contributed by atoms with Crippen LogP contribution in [0.15, 0.2) is 0 Å². The van der Waals surface area contributed by atoms with Crippen molar-refractivity contribution in [3.8, 4) is 23.8 Å². The summed E-state index contributed by atoms with van der Waals surface area (Å²) in [4.78, 5) is 72.7. The Bertz CT molecular complexity index is 1290. The predicted octanol–water partition coefficient (Wildman–Crippen LogP) is 0.847. The van der Waals surface area contributed by atoms with Gasteiger partial charge in [-0.15, -0.1) is 12.0 Å². The van der Waals surface area contributed by atoms with Crippen LogP contribution in [0.25, 0.3) is 0 Å². The van der Waals surface area contributed by atoms with E-state index in [1.165, 1.54) is 0 Å². The van der Waals surface area contributed by atoms with E-state index in [-0.39, 0.29) is 0 Å². The quantitative estimate of drug-likeness (QED) is 0.137. The van der Waals surface area contributed by atoms with Gasteiger partial charge in [0, 0.05) is 41.5 Å². The highest BCUT2D eigenvalue weighted by Gasteiger charge is 2.56. The molecule has 2 heterocycles. The molecule has 0 aromatic carbocycles. The molecule has 0 spiro atoms. The summed E-state index contributed by atoms with van der Waals surface area (Å²) in [5.74, 6) is -0.208. The van der Waals surface area contributed by atoms with E-state index < -0.39 is 118 Å². The summed E-state index contributed by atoms with van der Waals surface area (Å²) in [5.41, 5.74) is 3.14. The molecule has 260 valence electrons. The van der Waals surface area contributed by atoms with Crippen molar-refractivity contribution < 1.29 is 71.4 Å². The zero-order chi connectivity index (χ0) is 35.6. The average Bonchev–Trinajstić information content (AvgIpc) is 2.92. The van der Waals surface area contributed by atoms with Gasteiger partial charge in [0.2, 0.25) is 0 Å². The van der Waals surface area contributed by atoms with E-state index in [1.807, 2.05) is 19.6 Å². The smallest absolute Gasteiger partial charge is 0.303 e. The van der Waals surface area contributed by atoms with Crippen molar-refractivity contribution in [3.63, 3.8) is 0 Å². The number of carbonyl (C=O) groups excluding carboxylic acids is 6. The van der Waals surface area contributed by atoms with Gasteiger partial charge in [0.05, 0.1) is 5.92 Å². The Hall–Kier alpha value is -3.96. The first-order valence-corrected chi connectivity index (χ1v) is 18.2. The van der Waals surface area contributed by atoms with Crippen LogP contribution in [0.1, 0.15) is 41.5 Å². The largest absolute Gasteiger partial charge is 0.463 e. The average molecular weight is 683 g/mol. The molecule has 47 heavy (non-hydrogen) atoms. The van der Waals surface area contributed by atoms with Gasteiger partial charge in [0.1, 0.15) is 39.6 Å². The number of carbonyl (C=O) groups is 6. The van der Waals surface area contributed by atoms with Crippen LogP contribution in [0, 0.1) is 29.7 Å². The highest BCUT2D eigenvalue weighted by molar-refractivity contribution is 6.83. The topological polar surface area (TPSA) is 185 Å². The van der Waals surface area contributed by atoms with Gasteiger partial charge in [0.15, 0.2) is 36.8 Å². The number of ether oxygens (including phenoxy) is 9. The van der Waals surface area contributed by atoms with Gasteiger partial charge in [-0.25, -0.2) is 0 Å². The lowest BCUT2D eigenvalue weighted by molar-refractivity contribution is -0.333. The molecule has 0 N–H and O–H groups in total. The lowest BCUT2D eigenvalue weighted by Gasteiger charge is -2.48. The van der Waals surface area contributed by atoms with Crippen molar-refractivity contribution in [3.05, 3.63) is 0 Å². The van der Waals surface area contributed by atoms with E-state index in [4.69, 9.17) is 49.1 Å². The molecule has 2 fully saturated rings. The van der Waals surface area contributed by atoms with E-state index in [0.717, 1.165) is 41.5 Å². The summed E-state index contributed by atoms with van der Waals surface area (Å²) in [5, 5.41) is 0. The molecule has 16 heteroatoms. The minimum absolute atomic E-state index is 0.412. The predicted molar refractivity (Wildman–Crippen MR) is 161 cm³/mol.